The zero-order valence-electron chi connectivity index (χ0n) is 13.4. The van der Waals surface area contributed by atoms with Gasteiger partial charge in [-0.1, -0.05) is 0 Å². The molecule has 0 aliphatic rings. The van der Waals surface area contributed by atoms with E-state index in [4.69, 9.17) is 4.74 Å². The lowest BCUT2D eigenvalue weighted by Crippen LogP contribution is -2.45. The highest BCUT2D eigenvalue weighted by Crippen LogP contribution is 2.15. The number of halogens is 1. The maximum absolute atomic E-state index is 11.7. The lowest BCUT2D eigenvalue weighted by atomic mass is 9.93. The number of amides is 1. The van der Waals surface area contributed by atoms with Crippen LogP contribution >= 0.6 is 24.0 Å². The molecule has 0 aliphatic heterocycles. The minimum absolute atomic E-state index is 0. The average Bonchev–Trinajstić information content (AvgIpc) is 2.35. The Labute approximate surface area is 139 Å². The summed E-state index contributed by atoms with van der Waals surface area (Å²) in [5, 5.41) is 9.04. The zero-order valence-corrected chi connectivity index (χ0v) is 15.7. The SMILES string of the molecule is CCNC(=NCC(C)(C)C(=O)NC)NC(C)COC.I. The summed E-state index contributed by atoms with van der Waals surface area (Å²) >= 11 is 0. The molecule has 6 nitrogen and oxygen atoms in total. The third kappa shape index (κ3) is 8.57. The molecular weight excluding hydrogens is 371 g/mol. The predicted octanol–water partition coefficient (Wildman–Crippen LogP) is 0.967. The molecule has 20 heavy (non-hydrogen) atoms. The molecular formula is C13H29IN4O2. The van der Waals surface area contributed by atoms with Gasteiger partial charge in [0.15, 0.2) is 5.96 Å². The second-order valence-electron chi connectivity index (χ2n) is 5.16. The van der Waals surface area contributed by atoms with Crippen LogP contribution in [0, 0.1) is 5.41 Å². The number of methoxy groups -OCH3 is 1. The number of guanidine groups is 1. The number of nitrogens with zero attached hydrogens (tertiary/aromatic N) is 1. The standard InChI is InChI=1S/C13H28N4O2.HI/c1-7-15-12(17-10(2)8-19-6)16-9-13(3,4)11(18)14-5;/h10H,7-9H2,1-6H3,(H,14,18)(H2,15,16,17);1H. The second kappa shape index (κ2) is 11.1. The van der Waals surface area contributed by atoms with Crippen molar-refractivity contribution in [2.75, 3.05) is 33.9 Å². The van der Waals surface area contributed by atoms with Crippen LogP contribution in [-0.4, -0.2) is 51.8 Å². The molecule has 3 N–H and O–H groups in total. The first-order chi connectivity index (χ1) is 8.87. The molecule has 0 heterocycles. The fraction of sp³-hybridized carbons (Fsp3) is 0.846. The normalized spacial score (nSPS) is 13.2. The molecule has 0 radical (unpaired) electrons. The Bertz CT molecular complexity index is 309. The van der Waals surface area contributed by atoms with Crippen molar-refractivity contribution in [2.45, 2.75) is 33.7 Å². The largest absolute Gasteiger partial charge is 0.383 e. The van der Waals surface area contributed by atoms with Gasteiger partial charge in [-0.2, -0.15) is 0 Å². The number of carbonyl (C=O) groups excluding carboxylic acids is 1. The van der Waals surface area contributed by atoms with Crippen molar-refractivity contribution < 1.29 is 9.53 Å². The third-order valence-corrected chi connectivity index (χ3v) is 2.62. The van der Waals surface area contributed by atoms with Gasteiger partial charge in [0.2, 0.25) is 5.91 Å². The lowest BCUT2D eigenvalue weighted by molar-refractivity contribution is -0.128. The molecule has 0 aromatic rings. The second-order valence-corrected chi connectivity index (χ2v) is 5.16. The Balaban J connectivity index is 0. The summed E-state index contributed by atoms with van der Waals surface area (Å²) in [5.74, 6) is 0.682. The van der Waals surface area contributed by atoms with E-state index in [-0.39, 0.29) is 35.9 Å². The molecule has 0 spiro atoms. The molecule has 0 aliphatic carbocycles. The van der Waals surface area contributed by atoms with Crippen molar-refractivity contribution in [3.63, 3.8) is 0 Å². The van der Waals surface area contributed by atoms with Crippen molar-refractivity contribution in [3.8, 4) is 0 Å². The maximum Gasteiger partial charge on any atom is 0.227 e. The molecule has 1 unspecified atom stereocenters. The van der Waals surface area contributed by atoms with Crippen molar-refractivity contribution >= 4 is 35.8 Å². The molecule has 0 aromatic carbocycles. The van der Waals surface area contributed by atoms with Crippen LogP contribution in [0.2, 0.25) is 0 Å². The average molecular weight is 400 g/mol. The summed E-state index contributed by atoms with van der Waals surface area (Å²) < 4.78 is 5.07. The maximum atomic E-state index is 11.7. The molecule has 0 bridgehead atoms. The summed E-state index contributed by atoms with van der Waals surface area (Å²) in [6.45, 7) is 9.55. The topological polar surface area (TPSA) is 74.8 Å². The molecule has 0 rings (SSSR count). The van der Waals surface area contributed by atoms with E-state index in [0.29, 0.717) is 19.1 Å². The zero-order chi connectivity index (χ0) is 14.9. The fourth-order valence-electron chi connectivity index (χ4n) is 1.53. The van der Waals surface area contributed by atoms with Crippen LogP contribution < -0.4 is 16.0 Å². The van der Waals surface area contributed by atoms with Gasteiger partial charge < -0.3 is 20.7 Å². The molecule has 1 atom stereocenters. The van der Waals surface area contributed by atoms with Crippen LogP contribution in [0.4, 0.5) is 0 Å². The Morgan fingerprint density at radius 2 is 2.00 bits per heavy atom. The summed E-state index contributed by atoms with van der Waals surface area (Å²) in [7, 11) is 3.30. The Hall–Kier alpha value is -0.570. The van der Waals surface area contributed by atoms with Gasteiger partial charge in [0.05, 0.1) is 18.6 Å². The van der Waals surface area contributed by atoms with E-state index < -0.39 is 5.41 Å². The van der Waals surface area contributed by atoms with Crippen LogP contribution in [0.5, 0.6) is 0 Å². The highest BCUT2D eigenvalue weighted by molar-refractivity contribution is 14.0. The van der Waals surface area contributed by atoms with Gasteiger partial charge in [-0.25, -0.2) is 0 Å². The van der Waals surface area contributed by atoms with Crippen molar-refractivity contribution in [2.24, 2.45) is 10.4 Å². The van der Waals surface area contributed by atoms with E-state index in [1.165, 1.54) is 0 Å². The van der Waals surface area contributed by atoms with Gasteiger partial charge in [0, 0.05) is 26.7 Å². The molecule has 120 valence electrons. The predicted molar refractivity (Wildman–Crippen MR) is 93.7 cm³/mol. The number of ether oxygens (including phenoxy) is 1. The number of nitrogens with one attached hydrogen (secondary N) is 3. The van der Waals surface area contributed by atoms with Gasteiger partial charge in [0.1, 0.15) is 0 Å². The molecule has 0 fully saturated rings. The monoisotopic (exact) mass is 400 g/mol. The first kappa shape index (κ1) is 21.7. The van der Waals surface area contributed by atoms with Crippen LogP contribution in [0.15, 0.2) is 4.99 Å². The first-order valence-electron chi connectivity index (χ1n) is 6.63. The summed E-state index contributed by atoms with van der Waals surface area (Å²) in [4.78, 5) is 16.1. The quantitative estimate of drug-likeness (QED) is 0.338. The van der Waals surface area contributed by atoms with E-state index in [1.54, 1.807) is 14.2 Å². The van der Waals surface area contributed by atoms with E-state index in [9.17, 15) is 4.79 Å². The number of aliphatic imine (C=N–C) groups is 1. The first-order valence-corrected chi connectivity index (χ1v) is 6.63. The molecule has 0 saturated carbocycles. The Kier molecular flexibility index (Phi) is 12.1. The Morgan fingerprint density at radius 1 is 1.40 bits per heavy atom. The Morgan fingerprint density at radius 3 is 2.45 bits per heavy atom. The summed E-state index contributed by atoms with van der Waals surface area (Å²) in [6.07, 6.45) is 0. The number of hydrogen-bond acceptors (Lipinski definition) is 3. The summed E-state index contributed by atoms with van der Waals surface area (Å²) in [5.41, 5.74) is -0.526. The van der Waals surface area contributed by atoms with Gasteiger partial charge in [-0.15, -0.1) is 24.0 Å². The number of rotatable bonds is 7. The van der Waals surface area contributed by atoms with Crippen LogP contribution in [0.25, 0.3) is 0 Å². The highest BCUT2D eigenvalue weighted by Gasteiger charge is 2.26. The van der Waals surface area contributed by atoms with Crippen LogP contribution in [-0.2, 0) is 9.53 Å². The van der Waals surface area contributed by atoms with Crippen molar-refractivity contribution in [1.82, 2.24) is 16.0 Å². The van der Waals surface area contributed by atoms with E-state index >= 15 is 0 Å². The van der Waals surface area contributed by atoms with E-state index in [0.717, 1.165) is 6.54 Å². The van der Waals surface area contributed by atoms with Gasteiger partial charge >= 0.3 is 0 Å². The van der Waals surface area contributed by atoms with E-state index in [1.807, 2.05) is 27.7 Å². The molecule has 0 saturated heterocycles. The third-order valence-electron chi connectivity index (χ3n) is 2.62. The van der Waals surface area contributed by atoms with Gasteiger partial charge in [0.25, 0.3) is 0 Å². The van der Waals surface area contributed by atoms with Crippen LogP contribution in [0.3, 0.4) is 0 Å². The molecule has 0 aromatic heterocycles. The number of hydrogen-bond donors (Lipinski definition) is 3. The fourth-order valence-corrected chi connectivity index (χ4v) is 1.53. The van der Waals surface area contributed by atoms with Crippen LogP contribution in [0.1, 0.15) is 27.7 Å². The highest BCUT2D eigenvalue weighted by atomic mass is 127. The molecule has 1 amide bonds. The number of carbonyl (C=O) groups is 1. The van der Waals surface area contributed by atoms with Gasteiger partial charge in [-0.3, -0.25) is 9.79 Å². The molecule has 7 heteroatoms. The lowest BCUT2D eigenvalue weighted by Gasteiger charge is -2.22. The summed E-state index contributed by atoms with van der Waals surface area (Å²) in [6, 6.07) is 0.158. The minimum atomic E-state index is -0.526. The van der Waals surface area contributed by atoms with Crippen molar-refractivity contribution in [1.29, 1.82) is 0 Å². The van der Waals surface area contributed by atoms with Gasteiger partial charge in [-0.05, 0) is 27.7 Å². The van der Waals surface area contributed by atoms with E-state index in [2.05, 4.69) is 20.9 Å². The van der Waals surface area contributed by atoms with Crippen molar-refractivity contribution in [3.05, 3.63) is 0 Å². The smallest absolute Gasteiger partial charge is 0.227 e. The minimum Gasteiger partial charge on any atom is -0.383 e.